The van der Waals surface area contributed by atoms with Crippen molar-refractivity contribution in [2.45, 2.75) is 56.7 Å². The average molecular weight is 383 g/mol. The first-order valence-electron chi connectivity index (χ1n) is 10.8. The van der Waals surface area contributed by atoms with Crippen LogP contribution in [0.4, 0.5) is 5.82 Å². The number of hydrogen-bond donors (Lipinski definition) is 1. The number of benzene rings is 1. The molecule has 1 unspecified atom stereocenters. The molecule has 3 fully saturated rings. The van der Waals surface area contributed by atoms with Crippen molar-refractivity contribution in [1.29, 1.82) is 0 Å². The van der Waals surface area contributed by atoms with Gasteiger partial charge in [-0.05, 0) is 56.2 Å². The van der Waals surface area contributed by atoms with Gasteiger partial charge in [-0.3, -0.25) is 4.90 Å². The Morgan fingerprint density at radius 2 is 1.82 bits per heavy atom. The fourth-order valence-corrected chi connectivity index (χ4v) is 4.95. The Bertz CT molecular complexity index is 794. The lowest BCUT2D eigenvalue weighted by atomic mass is 9.90. The molecule has 5 rings (SSSR count). The Morgan fingerprint density at radius 1 is 0.964 bits per heavy atom. The van der Waals surface area contributed by atoms with E-state index in [1.54, 1.807) is 6.33 Å². The summed E-state index contributed by atoms with van der Waals surface area (Å²) in [5.74, 6) is 0.972. The van der Waals surface area contributed by atoms with Crippen LogP contribution < -0.4 is 5.32 Å². The van der Waals surface area contributed by atoms with Gasteiger partial charge in [0, 0.05) is 37.2 Å². The number of morpholine rings is 1. The number of anilines is 1. The Labute approximate surface area is 166 Å². The molecule has 0 bridgehead atoms. The van der Waals surface area contributed by atoms with Gasteiger partial charge in [-0.25, -0.2) is 9.97 Å². The standard InChI is InChI=1S/C22H30N4O2/c1-2-21(28-11-1)16-3-8-20-19(14-16)22(24-15-23-20)25-17-4-6-18(7-5-17)26-9-12-27-13-10-26/h3,8,14-15,17-18,21H,1-2,4-7,9-13H2,(H,23,24,25). The molecule has 0 amide bonds. The first-order valence-corrected chi connectivity index (χ1v) is 10.8. The Hall–Kier alpha value is -1.76. The molecule has 2 saturated heterocycles. The lowest BCUT2D eigenvalue weighted by Gasteiger charge is -2.39. The van der Waals surface area contributed by atoms with E-state index in [1.807, 2.05) is 0 Å². The maximum Gasteiger partial charge on any atom is 0.137 e. The SMILES string of the molecule is c1nc(NC2CCC(N3CCOCC3)CC2)c2cc(C3CCCO3)ccc2n1. The van der Waals surface area contributed by atoms with E-state index in [2.05, 4.69) is 38.4 Å². The van der Waals surface area contributed by atoms with E-state index in [1.165, 1.54) is 31.2 Å². The van der Waals surface area contributed by atoms with Crippen LogP contribution in [-0.2, 0) is 9.47 Å². The summed E-state index contributed by atoms with van der Waals surface area (Å²) in [6, 6.07) is 7.70. The van der Waals surface area contributed by atoms with Crippen LogP contribution in [0.2, 0.25) is 0 Å². The molecule has 3 aliphatic rings. The monoisotopic (exact) mass is 382 g/mol. The molecule has 0 spiro atoms. The fourth-order valence-electron chi connectivity index (χ4n) is 4.95. The van der Waals surface area contributed by atoms with Crippen molar-refractivity contribution >= 4 is 16.7 Å². The third kappa shape index (κ3) is 3.86. The van der Waals surface area contributed by atoms with E-state index in [-0.39, 0.29) is 6.10 Å². The van der Waals surface area contributed by atoms with Crippen molar-refractivity contribution in [3.8, 4) is 0 Å². The summed E-state index contributed by atoms with van der Waals surface area (Å²) < 4.78 is 11.4. The molecule has 2 aromatic rings. The predicted octanol–water partition coefficient (Wildman–Crippen LogP) is 3.54. The highest BCUT2D eigenvalue weighted by atomic mass is 16.5. The number of nitrogens with zero attached hydrogens (tertiary/aromatic N) is 3. The Morgan fingerprint density at radius 3 is 2.61 bits per heavy atom. The zero-order valence-corrected chi connectivity index (χ0v) is 16.5. The third-order valence-corrected chi connectivity index (χ3v) is 6.56. The number of hydrogen-bond acceptors (Lipinski definition) is 6. The van der Waals surface area contributed by atoms with Gasteiger partial charge in [0.15, 0.2) is 0 Å². The molecule has 0 radical (unpaired) electrons. The van der Waals surface area contributed by atoms with Gasteiger partial charge in [0.1, 0.15) is 12.1 Å². The Kier molecular flexibility index (Phi) is 5.43. The molecule has 3 heterocycles. The summed E-state index contributed by atoms with van der Waals surface area (Å²) >= 11 is 0. The molecule has 1 aromatic heterocycles. The van der Waals surface area contributed by atoms with Gasteiger partial charge < -0.3 is 14.8 Å². The molecule has 1 atom stereocenters. The van der Waals surface area contributed by atoms with E-state index >= 15 is 0 Å². The molecule has 1 aliphatic carbocycles. The largest absolute Gasteiger partial charge is 0.379 e. The van der Waals surface area contributed by atoms with E-state index in [0.29, 0.717) is 6.04 Å². The molecule has 6 nitrogen and oxygen atoms in total. The minimum absolute atomic E-state index is 0.224. The lowest BCUT2D eigenvalue weighted by Crippen LogP contribution is -2.46. The van der Waals surface area contributed by atoms with Crippen LogP contribution in [0.3, 0.4) is 0 Å². The molecule has 28 heavy (non-hydrogen) atoms. The minimum atomic E-state index is 0.224. The van der Waals surface area contributed by atoms with Gasteiger partial charge in [-0.15, -0.1) is 0 Å². The molecule has 150 valence electrons. The van der Waals surface area contributed by atoms with Crippen molar-refractivity contribution in [1.82, 2.24) is 14.9 Å². The summed E-state index contributed by atoms with van der Waals surface area (Å²) in [6.07, 6.45) is 9.04. The zero-order chi connectivity index (χ0) is 18.8. The number of nitrogens with one attached hydrogen (secondary N) is 1. The van der Waals surface area contributed by atoms with Gasteiger partial charge in [-0.1, -0.05) is 6.07 Å². The quantitative estimate of drug-likeness (QED) is 0.873. The van der Waals surface area contributed by atoms with Gasteiger partial charge in [0.25, 0.3) is 0 Å². The van der Waals surface area contributed by atoms with Gasteiger partial charge in [-0.2, -0.15) is 0 Å². The second kappa shape index (κ2) is 8.31. The van der Waals surface area contributed by atoms with Crippen LogP contribution in [0.15, 0.2) is 24.5 Å². The topological polar surface area (TPSA) is 59.5 Å². The lowest BCUT2D eigenvalue weighted by molar-refractivity contribution is 0.00791. The van der Waals surface area contributed by atoms with Crippen molar-refractivity contribution in [3.63, 3.8) is 0 Å². The van der Waals surface area contributed by atoms with E-state index in [4.69, 9.17) is 9.47 Å². The van der Waals surface area contributed by atoms with Crippen LogP contribution in [0.5, 0.6) is 0 Å². The predicted molar refractivity (Wildman–Crippen MR) is 110 cm³/mol. The minimum Gasteiger partial charge on any atom is -0.379 e. The number of fused-ring (bicyclic) bond motifs is 1. The highest BCUT2D eigenvalue weighted by Crippen LogP contribution is 2.33. The normalized spacial score (nSPS) is 29.2. The van der Waals surface area contributed by atoms with Crippen LogP contribution in [0.1, 0.15) is 50.2 Å². The van der Waals surface area contributed by atoms with E-state index < -0.39 is 0 Å². The van der Waals surface area contributed by atoms with Crippen molar-refractivity contribution in [2.75, 3.05) is 38.2 Å². The number of aromatic nitrogens is 2. The van der Waals surface area contributed by atoms with Gasteiger partial charge in [0.2, 0.25) is 0 Å². The van der Waals surface area contributed by atoms with Gasteiger partial charge in [0.05, 0.1) is 24.8 Å². The molecule has 6 heteroatoms. The van der Waals surface area contributed by atoms with Crippen molar-refractivity contribution < 1.29 is 9.47 Å². The van der Waals surface area contributed by atoms with Crippen LogP contribution in [-0.4, -0.2) is 59.9 Å². The second-order valence-electron chi connectivity index (χ2n) is 8.30. The maximum atomic E-state index is 5.87. The average Bonchev–Trinajstić information content (AvgIpc) is 3.30. The van der Waals surface area contributed by atoms with E-state index in [0.717, 1.165) is 68.5 Å². The van der Waals surface area contributed by atoms with Gasteiger partial charge >= 0.3 is 0 Å². The first-order chi connectivity index (χ1) is 13.9. The summed E-state index contributed by atoms with van der Waals surface area (Å²) in [4.78, 5) is 11.7. The smallest absolute Gasteiger partial charge is 0.137 e. The highest BCUT2D eigenvalue weighted by Gasteiger charge is 2.27. The fraction of sp³-hybridized carbons (Fsp3) is 0.636. The summed E-state index contributed by atoms with van der Waals surface area (Å²) in [6.45, 7) is 4.82. The molecule has 1 N–H and O–H groups in total. The first kappa shape index (κ1) is 18.3. The van der Waals surface area contributed by atoms with E-state index in [9.17, 15) is 0 Å². The third-order valence-electron chi connectivity index (χ3n) is 6.56. The molecular weight excluding hydrogens is 352 g/mol. The molecule has 2 aliphatic heterocycles. The van der Waals surface area contributed by atoms with Crippen LogP contribution in [0.25, 0.3) is 10.9 Å². The van der Waals surface area contributed by atoms with Crippen LogP contribution in [0, 0.1) is 0 Å². The Balaban J connectivity index is 1.28. The molecule has 1 saturated carbocycles. The highest BCUT2D eigenvalue weighted by molar-refractivity contribution is 5.89. The van der Waals surface area contributed by atoms with Crippen molar-refractivity contribution in [2.24, 2.45) is 0 Å². The summed E-state index contributed by atoms with van der Waals surface area (Å²) in [5.41, 5.74) is 2.25. The second-order valence-corrected chi connectivity index (χ2v) is 8.30. The van der Waals surface area contributed by atoms with Crippen molar-refractivity contribution in [3.05, 3.63) is 30.1 Å². The number of ether oxygens (including phenoxy) is 2. The molecule has 1 aromatic carbocycles. The van der Waals surface area contributed by atoms with Crippen LogP contribution >= 0.6 is 0 Å². The zero-order valence-electron chi connectivity index (χ0n) is 16.5. The summed E-state index contributed by atoms with van der Waals surface area (Å²) in [5, 5.41) is 4.85. The molecular formula is C22H30N4O2. The number of rotatable bonds is 4. The maximum absolute atomic E-state index is 5.87. The summed E-state index contributed by atoms with van der Waals surface area (Å²) in [7, 11) is 0.